The summed E-state index contributed by atoms with van der Waals surface area (Å²) in [6, 6.07) is 13.6. The molecular formula is C22H24N6O3S. The van der Waals surface area contributed by atoms with Gasteiger partial charge in [-0.25, -0.2) is 4.79 Å². The second kappa shape index (κ2) is 9.23. The third kappa shape index (κ3) is 4.35. The van der Waals surface area contributed by atoms with Crippen LogP contribution in [0.4, 0.5) is 5.95 Å². The molecule has 0 aliphatic carbocycles. The maximum Gasteiger partial charge on any atom is 0.332 e. The number of amides is 1. The molecule has 0 radical (unpaired) electrons. The van der Waals surface area contributed by atoms with Crippen molar-refractivity contribution in [2.75, 3.05) is 18.4 Å². The van der Waals surface area contributed by atoms with Crippen molar-refractivity contribution in [3.63, 3.8) is 0 Å². The van der Waals surface area contributed by atoms with Crippen LogP contribution in [0.1, 0.15) is 10.4 Å². The Kier molecular flexibility index (Phi) is 6.22. The molecule has 0 unspecified atom stereocenters. The van der Waals surface area contributed by atoms with Crippen LogP contribution in [0.15, 0.2) is 57.4 Å². The van der Waals surface area contributed by atoms with Gasteiger partial charge in [0, 0.05) is 32.1 Å². The summed E-state index contributed by atoms with van der Waals surface area (Å²) < 4.78 is 4.23. The van der Waals surface area contributed by atoms with Crippen molar-refractivity contribution in [2.24, 2.45) is 14.1 Å². The molecule has 2 N–H and O–H groups in total. The molecule has 0 saturated heterocycles. The van der Waals surface area contributed by atoms with Crippen molar-refractivity contribution < 1.29 is 4.79 Å². The van der Waals surface area contributed by atoms with Crippen molar-refractivity contribution in [1.29, 1.82) is 0 Å². The first-order chi connectivity index (χ1) is 15.5. The lowest BCUT2D eigenvalue weighted by molar-refractivity contribution is -0.120. The van der Waals surface area contributed by atoms with Crippen LogP contribution in [0.5, 0.6) is 0 Å². The lowest BCUT2D eigenvalue weighted by Gasteiger charge is -2.11. The predicted molar refractivity (Wildman–Crippen MR) is 125 cm³/mol. The average Bonchev–Trinajstić information content (AvgIpc) is 3.43. The number of aromatic nitrogens is 4. The summed E-state index contributed by atoms with van der Waals surface area (Å²) in [5.41, 5.74) is 0.832. The number of nitrogens with one attached hydrogen (secondary N) is 2. The summed E-state index contributed by atoms with van der Waals surface area (Å²) in [6.07, 6.45) is 0.350. The highest BCUT2D eigenvalue weighted by molar-refractivity contribution is 7.10. The normalized spacial score (nSPS) is 11.1. The van der Waals surface area contributed by atoms with Gasteiger partial charge in [0.05, 0.1) is 13.0 Å². The van der Waals surface area contributed by atoms with Crippen molar-refractivity contribution in [3.05, 3.63) is 79.1 Å². The van der Waals surface area contributed by atoms with E-state index in [2.05, 4.69) is 15.6 Å². The van der Waals surface area contributed by atoms with Gasteiger partial charge in [-0.05, 0) is 17.0 Å². The van der Waals surface area contributed by atoms with Crippen molar-refractivity contribution in [2.45, 2.75) is 13.0 Å². The Morgan fingerprint density at radius 2 is 1.81 bits per heavy atom. The maximum atomic E-state index is 12.9. The van der Waals surface area contributed by atoms with E-state index >= 15 is 0 Å². The van der Waals surface area contributed by atoms with Crippen LogP contribution in [-0.4, -0.2) is 37.7 Å². The Labute approximate surface area is 188 Å². The van der Waals surface area contributed by atoms with E-state index in [0.29, 0.717) is 43.2 Å². The number of hydrogen-bond donors (Lipinski definition) is 2. The number of anilines is 1. The highest BCUT2D eigenvalue weighted by Gasteiger charge is 2.19. The molecule has 0 atom stereocenters. The maximum absolute atomic E-state index is 12.9. The third-order valence-electron chi connectivity index (χ3n) is 5.18. The van der Waals surface area contributed by atoms with Crippen LogP contribution in [0.3, 0.4) is 0 Å². The third-order valence-corrected chi connectivity index (χ3v) is 6.05. The fourth-order valence-corrected chi connectivity index (χ4v) is 4.22. The van der Waals surface area contributed by atoms with Crippen LogP contribution < -0.4 is 21.9 Å². The Balaban J connectivity index is 1.57. The average molecular weight is 453 g/mol. The van der Waals surface area contributed by atoms with E-state index in [0.717, 1.165) is 15.0 Å². The second-order valence-corrected chi connectivity index (χ2v) is 8.45. The lowest BCUT2D eigenvalue weighted by Crippen LogP contribution is -2.37. The van der Waals surface area contributed by atoms with Crippen LogP contribution in [0, 0.1) is 0 Å². The molecule has 0 saturated carbocycles. The van der Waals surface area contributed by atoms with Crippen molar-refractivity contribution in [3.8, 4) is 0 Å². The number of imidazole rings is 1. The van der Waals surface area contributed by atoms with Crippen LogP contribution in [0.25, 0.3) is 11.2 Å². The zero-order chi connectivity index (χ0) is 22.7. The van der Waals surface area contributed by atoms with Gasteiger partial charge < -0.3 is 10.6 Å². The quantitative estimate of drug-likeness (QED) is 0.393. The number of carbonyl (C=O) groups excluding carboxylic acids is 1. The van der Waals surface area contributed by atoms with Crippen molar-refractivity contribution >= 4 is 34.4 Å². The van der Waals surface area contributed by atoms with Gasteiger partial charge in [-0.1, -0.05) is 36.4 Å². The van der Waals surface area contributed by atoms with Gasteiger partial charge >= 0.3 is 5.69 Å². The molecule has 3 heterocycles. The van der Waals surface area contributed by atoms with Crippen LogP contribution in [-0.2, 0) is 31.9 Å². The first-order valence-corrected chi connectivity index (χ1v) is 11.1. The molecule has 0 fully saturated rings. The molecule has 4 rings (SSSR count). The Morgan fingerprint density at radius 3 is 2.53 bits per heavy atom. The molecule has 3 aromatic heterocycles. The van der Waals surface area contributed by atoms with Crippen LogP contribution in [0.2, 0.25) is 0 Å². The summed E-state index contributed by atoms with van der Waals surface area (Å²) in [5, 5.41) is 8.03. The number of fused-ring (bicyclic) bond motifs is 1. The van der Waals surface area contributed by atoms with Crippen LogP contribution >= 0.6 is 11.3 Å². The molecule has 32 heavy (non-hydrogen) atoms. The second-order valence-electron chi connectivity index (χ2n) is 7.42. The molecule has 1 amide bonds. The Bertz CT molecular complexity index is 1350. The van der Waals surface area contributed by atoms with E-state index < -0.39 is 11.2 Å². The summed E-state index contributed by atoms with van der Waals surface area (Å²) in [6.45, 7) is 1.23. The highest BCUT2D eigenvalue weighted by Crippen LogP contribution is 2.17. The molecular weight excluding hydrogens is 428 g/mol. The number of carbonyl (C=O) groups is 1. The van der Waals surface area contributed by atoms with E-state index in [4.69, 9.17) is 0 Å². The number of rotatable bonds is 8. The molecule has 9 nitrogen and oxygen atoms in total. The van der Waals surface area contributed by atoms with Crippen molar-refractivity contribution in [1.82, 2.24) is 24.0 Å². The first-order valence-electron chi connectivity index (χ1n) is 10.2. The van der Waals surface area contributed by atoms with E-state index in [1.807, 2.05) is 47.8 Å². The summed E-state index contributed by atoms with van der Waals surface area (Å²) in [7, 11) is 3.05. The predicted octanol–water partition coefficient (Wildman–Crippen LogP) is 1.31. The number of hydrogen-bond acceptors (Lipinski definition) is 6. The molecule has 166 valence electrons. The minimum Gasteiger partial charge on any atom is -0.354 e. The largest absolute Gasteiger partial charge is 0.354 e. The molecule has 10 heteroatoms. The first kappa shape index (κ1) is 21.6. The van der Waals surface area contributed by atoms with Gasteiger partial charge in [-0.15, -0.1) is 11.3 Å². The number of benzene rings is 1. The summed E-state index contributed by atoms with van der Waals surface area (Å²) >= 11 is 1.55. The van der Waals surface area contributed by atoms with E-state index in [1.165, 1.54) is 11.6 Å². The van der Waals surface area contributed by atoms with E-state index in [1.54, 1.807) is 23.0 Å². The molecule has 0 spiro atoms. The highest BCUT2D eigenvalue weighted by atomic mass is 32.1. The molecule has 1 aromatic carbocycles. The Morgan fingerprint density at radius 1 is 1.03 bits per heavy atom. The standard InChI is InChI=1S/C22H24N6O3S/c1-26-19-18(20(30)27(2)22(26)31)28(14-15-7-4-3-5-8-15)21(25-19)24-11-10-23-17(29)13-16-9-6-12-32-16/h3-9,12H,10-11,13-14H2,1-2H3,(H,23,29)(H,24,25). The Hall–Kier alpha value is -3.66. The lowest BCUT2D eigenvalue weighted by atomic mass is 10.2. The van der Waals surface area contributed by atoms with Gasteiger partial charge in [-0.2, -0.15) is 4.98 Å². The van der Waals surface area contributed by atoms with E-state index in [-0.39, 0.29) is 5.91 Å². The van der Waals surface area contributed by atoms with Gasteiger partial charge in [0.25, 0.3) is 5.56 Å². The topological polar surface area (TPSA) is 103 Å². The molecule has 4 aromatic rings. The smallest absolute Gasteiger partial charge is 0.332 e. The van der Waals surface area contributed by atoms with Gasteiger partial charge in [0.15, 0.2) is 11.2 Å². The summed E-state index contributed by atoms with van der Waals surface area (Å²) in [4.78, 5) is 42.9. The zero-order valence-corrected chi connectivity index (χ0v) is 18.7. The minimum atomic E-state index is -0.431. The monoisotopic (exact) mass is 452 g/mol. The molecule has 0 aliphatic rings. The van der Waals surface area contributed by atoms with Gasteiger partial charge in [0.1, 0.15) is 0 Å². The SMILES string of the molecule is Cn1c(=O)c2c(nc(NCCNC(=O)Cc3cccs3)n2Cc2ccccc2)n(C)c1=O. The number of aryl methyl sites for hydroxylation is 1. The molecule has 0 aliphatic heterocycles. The zero-order valence-electron chi connectivity index (χ0n) is 17.9. The number of thiophene rings is 1. The fourth-order valence-electron chi connectivity index (χ4n) is 3.51. The molecule has 0 bridgehead atoms. The summed E-state index contributed by atoms with van der Waals surface area (Å²) in [5.74, 6) is 0.415. The minimum absolute atomic E-state index is 0.0525. The fraction of sp³-hybridized carbons (Fsp3) is 0.273. The van der Waals surface area contributed by atoms with E-state index in [9.17, 15) is 14.4 Å². The number of nitrogens with zero attached hydrogens (tertiary/aromatic N) is 4. The van der Waals surface area contributed by atoms with Gasteiger partial charge in [-0.3, -0.25) is 23.3 Å². The van der Waals surface area contributed by atoms with Gasteiger partial charge in [0.2, 0.25) is 11.9 Å².